The molecule has 0 saturated carbocycles. The second-order valence-electron chi connectivity index (χ2n) is 6.40. The minimum Gasteiger partial charge on any atom is -0.377 e. The molecule has 0 unspecified atom stereocenters. The highest BCUT2D eigenvalue weighted by Gasteiger charge is 2.23. The van der Waals surface area contributed by atoms with Crippen LogP contribution in [0, 0.1) is 0 Å². The first-order valence-corrected chi connectivity index (χ1v) is 8.33. The van der Waals surface area contributed by atoms with Gasteiger partial charge in [-0.15, -0.1) is 0 Å². The number of nitrogens with one attached hydrogen (secondary N) is 1. The number of aryl methyl sites for hydroxylation is 2. The summed E-state index contributed by atoms with van der Waals surface area (Å²) in [4.78, 5) is 12.2. The van der Waals surface area contributed by atoms with Crippen molar-refractivity contribution in [1.29, 1.82) is 0 Å². The lowest BCUT2D eigenvalue weighted by Gasteiger charge is -2.16. The zero-order valence-electron chi connectivity index (χ0n) is 13.3. The van der Waals surface area contributed by atoms with E-state index in [0.29, 0.717) is 12.6 Å². The first-order valence-electron chi connectivity index (χ1n) is 8.33. The van der Waals surface area contributed by atoms with E-state index in [-0.39, 0.29) is 0 Å². The highest BCUT2D eigenvalue weighted by atomic mass is 16.5. The van der Waals surface area contributed by atoms with E-state index >= 15 is 0 Å². The molecule has 1 aliphatic heterocycles. The third-order valence-electron chi connectivity index (χ3n) is 4.97. The van der Waals surface area contributed by atoms with Crippen LogP contribution in [0.5, 0.6) is 0 Å². The second-order valence-corrected chi connectivity index (χ2v) is 6.40. The molecule has 0 fully saturated rings. The van der Waals surface area contributed by atoms with E-state index in [1.54, 1.807) is 0 Å². The maximum atomic E-state index is 5.84. The molecule has 2 aliphatic rings. The quantitative estimate of drug-likeness (QED) is 0.723. The molecule has 1 aliphatic carbocycles. The summed E-state index contributed by atoms with van der Waals surface area (Å²) in [5, 5.41) is 1.22. The number of aromatic amines is 1. The number of benzene rings is 1. The summed E-state index contributed by atoms with van der Waals surface area (Å²) in [5.41, 5.74) is 14.2. The van der Waals surface area contributed by atoms with Crippen molar-refractivity contribution >= 4 is 22.4 Å². The largest absolute Gasteiger partial charge is 0.377 e. The number of nitrogens with zero attached hydrogens (tertiary/aromatic N) is 2. The molecule has 0 spiro atoms. The Labute approximate surface area is 139 Å². The summed E-state index contributed by atoms with van der Waals surface area (Å²) in [5.74, 6) is 0.333. The maximum Gasteiger partial charge on any atom is 0.220 e. The van der Waals surface area contributed by atoms with E-state index in [1.807, 2.05) is 6.20 Å². The molecule has 3 N–H and O–H groups in total. The van der Waals surface area contributed by atoms with Gasteiger partial charge >= 0.3 is 0 Å². The fraction of sp³-hybridized carbons (Fsp3) is 0.263. The lowest BCUT2D eigenvalue weighted by Crippen LogP contribution is -2.08. The lowest BCUT2D eigenvalue weighted by molar-refractivity contribution is 0.161. The monoisotopic (exact) mass is 318 g/mol. The number of hydrogen-bond donors (Lipinski definition) is 2. The van der Waals surface area contributed by atoms with Gasteiger partial charge in [0.2, 0.25) is 5.95 Å². The van der Waals surface area contributed by atoms with Crippen LogP contribution in [0.3, 0.4) is 0 Å². The fourth-order valence-corrected chi connectivity index (χ4v) is 3.77. The van der Waals surface area contributed by atoms with Crippen molar-refractivity contribution < 1.29 is 4.74 Å². The van der Waals surface area contributed by atoms with Crippen LogP contribution in [0.2, 0.25) is 0 Å². The molecule has 0 bridgehead atoms. The molecule has 2 aromatic heterocycles. The molecule has 3 aromatic rings. The van der Waals surface area contributed by atoms with Gasteiger partial charge in [0, 0.05) is 28.4 Å². The Morgan fingerprint density at radius 1 is 1.17 bits per heavy atom. The zero-order valence-corrected chi connectivity index (χ0v) is 13.3. The molecule has 0 amide bonds. The molecule has 5 rings (SSSR count). The summed E-state index contributed by atoms with van der Waals surface area (Å²) in [6.45, 7) is 1.49. The highest BCUT2D eigenvalue weighted by Crippen LogP contribution is 2.39. The molecule has 1 aromatic carbocycles. The molecule has 3 heterocycles. The van der Waals surface area contributed by atoms with E-state index in [0.717, 1.165) is 37.1 Å². The maximum absolute atomic E-state index is 5.84. The molecule has 120 valence electrons. The molecular weight excluding hydrogens is 300 g/mol. The Bertz CT molecular complexity index is 986. The van der Waals surface area contributed by atoms with Crippen LogP contribution < -0.4 is 5.73 Å². The van der Waals surface area contributed by atoms with Crippen molar-refractivity contribution in [3.63, 3.8) is 0 Å². The van der Waals surface area contributed by atoms with Gasteiger partial charge in [0.15, 0.2) is 0 Å². The van der Waals surface area contributed by atoms with Crippen molar-refractivity contribution in [2.45, 2.75) is 19.3 Å². The van der Waals surface area contributed by atoms with E-state index in [1.165, 1.54) is 33.3 Å². The van der Waals surface area contributed by atoms with E-state index < -0.39 is 0 Å². The first kappa shape index (κ1) is 13.7. The van der Waals surface area contributed by atoms with Crippen molar-refractivity contribution in [1.82, 2.24) is 15.0 Å². The smallest absolute Gasteiger partial charge is 0.220 e. The number of aromatic nitrogens is 3. The summed E-state index contributed by atoms with van der Waals surface area (Å²) in [6.07, 6.45) is 6.94. The average Bonchev–Trinajstić information content (AvgIpc) is 3.00. The van der Waals surface area contributed by atoms with Gasteiger partial charge in [0.05, 0.1) is 18.9 Å². The van der Waals surface area contributed by atoms with Crippen LogP contribution in [0.25, 0.3) is 27.7 Å². The summed E-state index contributed by atoms with van der Waals surface area (Å²) >= 11 is 0. The number of ether oxygens (including phenoxy) is 1. The standard InChI is InChI=1S/C19H18N4O/c20-19-21-10-13-2-4-16-17(18(13)23-19)14-9-12(1-3-15(14)22-16)11-5-7-24-8-6-11/h1,3,5,9-10,22H,2,4,6-8H2,(H2,20,21,23). The van der Waals surface area contributed by atoms with E-state index in [4.69, 9.17) is 10.5 Å². The molecule has 0 saturated heterocycles. The van der Waals surface area contributed by atoms with E-state index in [9.17, 15) is 0 Å². The summed E-state index contributed by atoms with van der Waals surface area (Å²) < 4.78 is 5.43. The van der Waals surface area contributed by atoms with Crippen LogP contribution in [-0.4, -0.2) is 28.2 Å². The van der Waals surface area contributed by atoms with Gasteiger partial charge in [-0.3, -0.25) is 0 Å². The number of nitrogen functional groups attached to an aromatic ring is 1. The predicted octanol–water partition coefficient (Wildman–Crippen LogP) is 3.11. The fourth-order valence-electron chi connectivity index (χ4n) is 3.77. The number of hydrogen-bond acceptors (Lipinski definition) is 4. The van der Waals surface area contributed by atoms with Gasteiger partial charge in [0.1, 0.15) is 0 Å². The Morgan fingerprint density at radius 2 is 2.12 bits per heavy atom. The van der Waals surface area contributed by atoms with Gasteiger partial charge < -0.3 is 15.5 Å². The number of nitrogens with two attached hydrogens (primary N) is 1. The van der Waals surface area contributed by atoms with Gasteiger partial charge in [0.25, 0.3) is 0 Å². The number of H-pyrrole nitrogens is 1. The SMILES string of the molecule is Nc1ncc2c(n1)-c1c([nH]c3ccc(C4=CCOCC4)cc13)CC2. The number of fused-ring (bicyclic) bond motifs is 5. The van der Waals surface area contributed by atoms with Crippen molar-refractivity contribution in [3.8, 4) is 11.3 Å². The van der Waals surface area contributed by atoms with Crippen LogP contribution in [0.15, 0.2) is 30.5 Å². The lowest BCUT2D eigenvalue weighted by atomic mass is 9.92. The van der Waals surface area contributed by atoms with Crippen LogP contribution >= 0.6 is 0 Å². The summed E-state index contributed by atoms with van der Waals surface area (Å²) in [6, 6.07) is 6.63. The average molecular weight is 318 g/mol. The Morgan fingerprint density at radius 3 is 3.00 bits per heavy atom. The third-order valence-corrected chi connectivity index (χ3v) is 4.97. The Hall–Kier alpha value is -2.66. The van der Waals surface area contributed by atoms with Crippen LogP contribution in [0.1, 0.15) is 23.2 Å². The van der Waals surface area contributed by atoms with Gasteiger partial charge in [-0.1, -0.05) is 12.1 Å². The van der Waals surface area contributed by atoms with Crippen molar-refractivity contribution in [2.75, 3.05) is 18.9 Å². The topological polar surface area (TPSA) is 76.8 Å². The molecule has 24 heavy (non-hydrogen) atoms. The van der Waals surface area contributed by atoms with E-state index in [2.05, 4.69) is 39.2 Å². The van der Waals surface area contributed by atoms with Gasteiger partial charge in [-0.05, 0) is 48.1 Å². The number of anilines is 1. The normalized spacial score (nSPS) is 16.6. The third kappa shape index (κ3) is 2.05. The van der Waals surface area contributed by atoms with Crippen LogP contribution in [-0.2, 0) is 17.6 Å². The highest BCUT2D eigenvalue weighted by molar-refractivity contribution is 5.99. The minimum atomic E-state index is 0.333. The van der Waals surface area contributed by atoms with Gasteiger partial charge in [-0.25, -0.2) is 9.97 Å². The zero-order chi connectivity index (χ0) is 16.1. The minimum absolute atomic E-state index is 0.333. The van der Waals surface area contributed by atoms with Crippen molar-refractivity contribution in [3.05, 3.63) is 47.3 Å². The molecule has 5 nitrogen and oxygen atoms in total. The second kappa shape index (κ2) is 5.18. The summed E-state index contributed by atoms with van der Waals surface area (Å²) in [7, 11) is 0. The van der Waals surface area contributed by atoms with Crippen molar-refractivity contribution in [2.24, 2.45) is 0 Å². The molecule has 5 heteroatoms. The molecule has 0 radical (unpaired) electrons. The van der Waals surface area contributed by atoms with Gasteiger partial charge in [-0.2, -0.15) is 0 Å². The number of rotatable bonds is 1. The molecule has 0 atom stereocenters. The Kier molecular flexibility index (Phi) is 2.97. The predicted molar refractivity (Wildman–Crippen MR) is 94.6 cm³/mol. The Balaban J connectivity index is 1.74. The first-order chi connectivity index (χ1) is 11.8. The molecular formula is C19H18N4O. The van der Waals surface area contributed by atoms with Crippen LogP contribution in [0.4, 0.5) is 5.95 Å².